The SMILES string of the molecule is C#CC(I)[N+](C)(C)Cc1c(C)cccc1C. The third kappa shape index (κ3) is 2.99. The molecule has 0 amide bonds. The number of benzene rings is 1. The summed E-state index contributed by atoms with van der Waals surface area (Å²) in [4.78, 5) is 0. The summed E-state index contributed by atoms with van der Waals surface area (Å²) in [6.07, 6.45) is 5.51. The molecular weight excluding hydrogens is 309 g/mol. The van der Waals surface area contributed by atoms with Crippen molar-refractivity contribution in [1.29, 1.82) is 0 Å². The normalized spacial score (nSPS) is 13.2. The fourth-order valence-electron chi connectivity index (χ4n) is 1.79. The Hall–Kier alpha value is -0.530. The number of alkyl halides is 1. The maximum atomic E-state index is 5.51. The Kier molecular flexibility index (Phi) is 4.40. The molecule has 0 fully saturated rings. The quantitative estimate of drug-likeness (QED) is 0.263. The van der Waals surface area contributed by atoms with E-state index in [0.717, 1.165) is 11.0 Å². The van der Waals surface area contributed by atoms with Gasteiger partial charge in [0.1, 0.15) is 6.54 Å². The molecule has 86 valence electrons. The number of terminal acetylenes is 1. The molecule has 1 atom stereocenters. The molecule has 16 heavy (non-hydrogen) atoms. The van der Waals surface area contributed by atoms with Crippen LogP contribution in [0.3, 0.4) is 0 Å². The molecular formula is C14H19IN+. The second-order valence-electron chi connectivity index (χ2n) is 4.81. The van der Waals surface area contributed by atoms with Crippen LogP contribution in [0.4, 0.5) is 0 Å². The van der Waals surface area contributed by atoms with Gasteiger partial charge in [0.05, 0.1) is 14.1 Å². The van der Waals surface area contributed by atoms with Crippen molar-refractivity contribution in [2.45, 2.75) is 24.4 Å². The minimum absolute atomic E-state index is 0.205. The maximum Gasteiger partial charge on any atom is 0.200 e. The highest BCUT2D eigenvalue weighted by Gasteiger charge is 2.25. The van der Waals surface area contributed by atoms with E-state index in [9.17, 15) is 0 Å². The second-order valence-corrected chi connectivity index (χ2v) is 5.99. The third-order valence-electron chi connectivity index (χ3n) is 2.96. The predicted molar refractivity (Wildman–Crippen MR) is 78.4 cm³/mol. The average Bonchev–Trinajstić information content (AvgIpc) is 2.22. The van der Waals surface area contributed by atoms with Gasteiger partial charge >= 0.3 is 0 Å². The summed E-state index contributed by atoms with van der Waals surface area (Å²) >= 11 is 2.33. The molecule has 0 aliphatic heterocycles. The van der Waals surface area contributed by atoms with Crippen LogP contribution in [-0.2, 0) is 6.54 Å². The van der Waals surface area contributed by atoms with Crippen molar-refractivity contribution in [2.75, 3.05) is 14.1 Å². The van der Waals surface area contributed by atoms with E-state index in [-0.39, 0.29) is 4.05 Å². The van der Waals surface area contributed by atoms with Crippen molar-refractivity contribution in [3.8, 4) is 12.3 Å². The van der Waals surface area contributed by atoms with E-state index in [2.05, 4.69) is 74.7 Å². The Morgan fingerprint density at radius 2 is 1.81 bits per heavy atom. The molecule has 0 aliphatic carbocycles. The van der Waals surface area contributed by atoms with Gasteiger partial charge < -0.3 is 4.48 Å². The Morgan fingerprint density at radius 1 is 1.31 bits per heavy atom. The van der Waals surface area contributed by atoms with E-state index in [4.69, 9.17) is 6.42 Å². The van der Waals surface area contributed by atoms with Crippen LogP contribution in [0, 0.1) is 26.2 Å². The van der Waals surface area contributed by atoms with E-state index in [1.165, 1.54) is 16.7 Å². The first-order valence-electron chi connectivity index (χ1n) is 5.36. The molecule has 1 unspecified atom stereocenters. The molecule has 1 rings (SSSR count). The lowest BCUT2D eigenvalue weighted by atomic mass is 10.0. The van der Waals surface area contributed by atoms with Crippen molar-refractivity contribution >= 4 is 22.6 Å². The summed E-state index contributed by atoms with van der Waals surface area (Å²) in [7, 11) is 4.37. The zero-order valence-electron chi connectivity index (χ0n) is 10.4. The zero-order valence-corrected chi connectivity index (χ0v) is 12.6. The van der Waals surface area contributed by atoms with Crippen LogP contribution in [0.15, 0.2) is 18.2 Å². The first-order chi connectivity index (χ1) is 7.38. The van der Waals surface area contributed by atoms with Crippen LogP contribution in [0.2, 0.25) is 0 Å². The van der Waals surface area contributed by atoms with E-state index in [1.807, 2.05) is 0 Å². The fraction of sp³-hybridized carbons (Fsp3) is 0.429. The summed E-state index contributed by atoms with van der Waals surface area (Å²) < 4.78 is 1.03. The molecule has 0 N–H and O–H groups in total. The second kappa shape index (κ2) is 5.20. The summed E-state index contributed by atoms with van der Waals surface area (Å²) in [5.41, 5.74) is 4.13. The van der Waals surface area contributed by atoms with Gasteiger partial charge in [-0.3, -0.25) is 0 Å². The van der Waals surface area contributed by atoms with Gasteiger partial charge in [0, 0.05) is 28.2 Å². The van der Waals surface area contributed by atoms with Crippen molar-refractivity contribution < 1.29 is 4.48 Å². The Morgan fingerprint density at radius 3 is 2.25 bits per heavy atom. The van der Waals surface area contributed by atoms with E-state index < -0.39 is 0 Å². The van der Waals surface area contributed by atoms with Crippen LogP contribution in [0.5, 0.6) is 0 Å². The highest BCUT2D eigenvalue weighted by atomic mass is 127. The summed E-state index contributed by atoms with van der Waals surface area (Å²) in [5.74, 6) is 2.82. The molecule has 2 heteroatoms. The molecule has 0 bridgehead atoms. The van der Waals surface area contributed by atoms with Crippen molar-refractivity contribution in [1.82, 2.24) is 0 Å². The van der Waals surface area contributed by atoms with Crippen LogP contribution in [-0.4, -0.2) is 22.6 Å². The van der Waals surface area contributed by atoms with Gasteiger partial charge in [-0.2, -0.15) is 0 Å². The molecule has 0 aromatic heterocycles. The molecule has 0 spiro atoms. The van der Waals surface area contributed by atoms with Crippen molar-refractivity contribution in [3.05, 3.63) is 34.9 Å². The third-order valence-corrected chi connectivity index (χ3v) is 4.83. The lowest BCUT2D eigenvalue weighted by molar-refractivity contribution is -0.902. The highest BCUT2D eigenvalue weighted by Crippen LogP contribution is 2.22. The molecule has 0 heterocycles. The zero-order chi connectivity index (χ0) is 12.3. The average molecular weight is 328 g/mol. The van der Waals surface area contributed by atoms with Crippen LogP contribution >= 0.6 is 22.6 Å². The summed E-state index contributed by atoms with van der Waals surface area (Å²) in [6, 6.07) is 6.44. The van der Waals surface area contributed by atoms with Gasteiger partial charge in [0.2, 0.25) is 0 Å². The molecule has 1 aromatic carbocycles. The fourth-order valence-corrected chi connectivity index (χ4v) is 1.98. The number of halogens is 1. The van der Waals surface area contributed by atoms with Gasteiger partial charge in [0.25, 0.3) is 0 Å². The van der Waals surface area contributed by atoms with E-state index in [1.54, 1.807) is 0 Å². The predicted octanol–water partition coefficient (Wildman–Crippen LogP) is 3.27. The number of hydrogen-bond donors (Lipinski definition) is 0. The topological polar surface area (TPSA) is 0 Å². The van der Waals surface area contributed by atoms with E-state index in [0.29, 0.717) is 0 Å². The number of quaternary nitrogens is 1. The lowest BCUT2D eigenvalue weighted by Gasteiger charge is -2.33. The first-order valence-corrected chi connectivity index (χ1v) is 6.61. The van der Waals surface area contributed by atoms with Crippen LogP contribution in [0.1, 0.15) is 16.7 Å². The van der Waals surface area contributed by atoms with Gasteiger partial charge in [0.15, 0.2) is 4.05 Å². The maximum absolute atomic E-state index is 5.51. The number of nitrogens with zero attached hydrogens (tertiary/aromatic N) is 1. The minimum Gasteiger partial charge on any atom is -0.304 e. The van der Waals surface area contributed by atoms with Crippen LogP contribution < -0.4 is 0 Å². The number of hydrogen-bond acceptors (Lipinski definition) is 0. The van der Waals surface area contributed by atoms with Gasteiger partial charge in [-0.15, -0.1) is 6.42 Å². The minimum atomic E-state index is 0.205. The molecule has 1 nitrogen and oxygen atoms in total. The van der Waals surface area contributed by atoms with Gasteiger partial charge in [-0.1, -0.05) is 18.2 Å². The summed E-state index contributed by atoms with van der Waals surface area (Å²) in [6.45, 7) is 5.32. The van der Waals surface area contributed by atoms with Crippen molar-refractivity contribution in [3.63, 3.8) is 0 Å². The highest BCUT2D eigenvalue weighted by molar-refractivity contribution is 14.1. The number of aryl methyl sites for hydroxylation is 2. The first kappa shape index (κ1) is 13.5. The molecule has 0 aliphatic rings. The Balaban J connectivity index is 3.02. The molecule has 0 radical (unpaired) electrons. The van der Waals surface area contributed by atoms with Crippen LogP contribution in [0.25, 0.3) is 0 Å². The van der Waals surface area contributed by atoms with Gasteiger partial charge in [-0.05, 0) is 30.9 Å². The smallest absolute Gasteiger partial charge is 0.200 e. The van der Waals surface area contributed by atoms with Gasteiger partial charge in [-0.25, -0.2) is 0 Å². The van der Waals surface area contributed by atoms with Crippen molar-refractivity contribution in [2.24, 2.45) is 0 Å². The largest absolute Gasteiger partial charge is 0.304 e. The molecule has 0 saturated heterocycles. The number of rotatable bonds is 3. The standard InChI is InChI=1S/C14H19IN/c1-6-14(15)16(4,5)10-13-11(2)8-7-9-12(13)3/h1,7-9,14H,10H2,2-5H3/q+1. The van der Waals surface area contributed by atoms with E-state index >= 15 is 0 Å². The lowest BCUT2D eigenvalue weighted by Crippen LogP contribution is -2.44. The molecule has 0 saturated carbocycles. The summed E-state index contributed by atoms with van der Waals surface area (Å²) in [5, 5.41) is 0. The monoisotopic (exact) mass is 328 g/mol. The Bertz CT molecular complexity index is 395. The Labute approximate surface area is 113 Å². The molecule has 1 aromatic rings.